The first kappa shape index (κ1) is 15.4. The summed E-state index contributed by atoms with van der Waals surface area (Å²) in [6, 6.07) is 11.6. The third-order valence-corrected chi connectivity index (χ3v) is 4.30. The third kappa shape index (κ3) is 3.65. The van der Waals surface area contributed by atoms with E-state index in [0.717, 1.165) is 36.4 Å². The van der Waals surface area contributed by atoms with Crippen LogP contribution in [0.2, 0.25) is 0 Å². The number of nitrogens with two attached hydrogens (primary N) is 1. The van der Waals surface area contributed by atoms with Crippen LogP contribution in [-0.2, 0) is 4.79 Å². The minimum atomic E-state index is 0.0580. The largest absolute Gasteiger partial charge is 0.457 e. The van der Waals surface area contributed by atoms with Crippen molar-refractivity contribution in [3.05, 3.63) is 48.2 Å². The smallest absolute Gasteiger partial charge is 0.246 e. The van der Waals surface area contributed by atoms with Gasteiger partial charge >= 0.3 is 0 Å². The highest BCUT2D eigenvalue weighted by Crippen LogP contribution is 2.24. The highest BCUT2D eigenvalue weighted by molar-refractivity contribution is 5.91. The lowest BCUT2D eigenvalue weighted by molar-refractivity contribution is -0.129. The van der Waals surface area contributed by atoms with Gasteiger partial charge in [-0.1, -0.05) is 0 Å². The summed E-state index contributed by atoms with van der Waals surface area (Å²) < 4.78 is 5.78. The van der Waals surface area contributed by atoms with Crippen LogP contribution in [0.3, 0.4) is 0 Å². The first-order chi connectivity index (χ1) is 11.1. The molecule has 23 heavy (non-hydrogen) atoms. The number of nitrogens with zero attached hydrogens (tertiary/aromatic N) is 1. The zero-order chi connectivity index (χ0) is 16.2. The van der Waals surface area contributed by atoms with E-state index in [1.54, 1.807) is 12.2 Å². The molecule has 120 valence electrons. The molecule has 0 radical (unpaired) electrons. The summed E-state index contributed by atoms with van der Waals surface area (Å²) in [4.78, 5) is 14.2. The van der Waals surface area contributed by atoms with Crippen molar-refractivity contribution in [2.24, 2.45) is 0 Å². The van der Waals surface area contributed by atoms with Crippen molar-refractivity contribution in [1.29, 1.82) is 0 Å². The highest BCUT2D eigenvalue weighted by atomic mass is 16.3. The number of rotatable bonds is 3. The number of nitrogen functional groups attached to an aromatic ring is 1. The van der Waals surface area contributed by atoms with Crippen molar-refractivity contribution in [2.45, 2.75) is 32.2 Å². The molecule has 1 aromatic heterocycles. The van der Waals surface area contributed by atoms with Gasteiger partial charge in [-0.05, 0) is 68.7 Å². The van der Waals surface area contributed by atoms with E-state index in [9.17, 15) is 4.79 Å². The number of hydrogen-bond acceptors (Lipinski definition) is 3. The number of benzene rings is 1. The monoisotopic (exact) mass is 310 g/mol. The van der Waals surface area contributed by atoms with Crippen molar-refractivity contribution < 1.29 is 9.21 Å². The molecule has 1 aliphatic heterocycles. The molecule has 4 nitrogen and oxygen atoms in total. The SMILES string of the molecule is CC1CCCCN1C(=O)/C=C/c1ccc(-c2ccc(N)cc2)o1. The van der Waals surface area contributed by atoms with Crippen molar-refractivity contribution in [2.75, 3.05) is 12.3 Å². The van der Waals surface area contributed by atoms with Crippen LogP contribution in [0.4, 0.5) is 5.69 Å². The van der Waals surface area contributed by atoms with Crippen molar-refractivity contribution in [1.82, 2.24) is 4.90 Å². The maximum Gasteiger partial charge on any atom is 0.246 e. The van der Waals surface area contributed by atoms with Crippen LogP contribution in [-0.4, -0.2) is 23.4 Å². The Hall–Kier alpha value is -2.49. The average Bonchev–Trinajstić information content (AvgIpc) is 3.03. The summed E-state index contributed by atoms with van der Waals surface area (Å²) in [5.41, 5.74) is 7.38. The predicted molar refractivity (Wildman–Crippen MR) is 92.6 cm³/mol. The van der Waals surface area contributed by atoms with Crippen LogP contribution in [0.5, 0.6) is 0 Å². The zero-order valence-electron chi connectivity index (χ0n) is 13.4. The molecule has 1 fully saturated rings. The summed E-state index contributed by atoms with van der Waals surface area (Å²) in [5, 5.41) is 0. The molecule has 0 spiro atoms. The molecule has 0 bridgehead atoms. The molecular weight excluding hydrogens is 288 g/mol. The summed E-state index contributed by atoms with van der Waals surface area (Å²) in [5.74, 6) is 1.50. The number of carbonyl (C=O) groups is 1. The first-order valence-corrected chi connectivity index (χ1v) is 8.08. The van der Waals surface area contributed by atoms with Crippen molar-refractivity contribution >= 4 is 17.7 Å². The van der Waals surface area contributed by atoms with E-state index >= 15 is 0 Å². The molecule has 0 aliphatic carbocycles. The lowest BCUT2D eigenvalue weighted by atomic mass is 10.0. The van der Waals surface area contributed by atoms with Crippen LogP contribution in [0.15, 0.2) is 46.9 Å². The normalized spacial score (nSPS) is 18.5. The van der Waals surface area contributed by atoms with Gasteiger partial charge in [-0.3, -0.25) is 4.79 Å². The molecule has 2 aromatic rings. The molecule has 2 heterocycles. The minimum Gasteiger partial charge on any atom is -0.457 e. The molecule has 1 aliphatic rings. The van der Waals surface area contributed by atoms with Gasteiger partial charge in [0.15, 0.2) is 0 Å². The maximum atomic E-state index is 12.3. The Bertz CT molecular complexity index is 700. The van der Waals surface area contributed by atoms with E-state index < -0.39 is 0 Å². The maximum absolute atomic E-state index is 12.3. The van der Waals surface area contributed by atoms with E-state index in [-0.39, 0.29) is 5.91 Å². The van der Waals surface area contributed by atoms with Gasteiger partial charge in [0.1, 0.15) is 11.5 Å². The topological polar surface area (TPSA) is 59.5 Å². The highest BCUT2D eigenvalue weighted by Gasteiger charge is 2.21. The van der Waals surface area contributed by atoms with Gasteiger partial charge in [0.25, 0.3) is 0 Å². The van der Waals surface area contributed by atoms with E-state index in [1.165, 1.54) is 6.42 Å². The molecular formula is C19H22N2O2. The summed E-state index contributed by atoms with van der Waals surface area (Å²) in [7, 11) is 0. The number of likely N-dealkylation sites (tertiary alicyclic amines) is 1. The van der Waals surface area contributed by atoms with Crippen molar-refractivity contribution in [3.63, 3.8) is 0 Å². The number of furan rings is 1. The number of piperidine rings is 1. The second-order valence-corrected chi connectivity index (χ2v) is 6.03. The quantitative estimate of drug-likeness (QED) is 0.690. The van der Waals surface area contributed by atoms with E-state index in [0.29, 0.717) is 11.8 Å². The molecule has 1 amide bonds. The first-order valence-electron chi connectivity index (χ1n) is 8.08. The van der Waals surface area contributed by atoms with Gasteiger partial charge in [0, 0.05) is 29.9 Å². The lowest BCUT2D eigenvalue weighted by Gasteiger charge is -2.32. The fraction of sp³-hybridized carbons (Fsp3) is 0.316. The van der Waals surface area contributed by atoms with Gasteiger partial charge < -0.3 is 15.1 Å². The fourth-order valence-electron chi connectivity index (χ4n) is 2.92. The van der Waals surface area contributed by atoms with Crippen LogP contribution in [0.25, 0.3) is 17.4 Å². The molecule has 2 N–H and O–H groups in total. The number of hydrogen-bond donors (Lipinski definition) is 1. The van der Waals surface area contributed by atoms with Gasteiger partial charge in [0.05, 0.1) is 0 Å². The standard InChI is InChI=1S/C19H22N2O2/c1-14-4-2-3-13-21(14)19(22)12-10-17-9-11-18(23-17)15-5-7-16(20)8-6-15/h5-12,14H,2-4,13,20H2,1H3/b12-10+. The molecule has 0 saturated carbocycles. The van der Waals surface area contributed by atoms with Gasteiger partial charge in [-0.2, -0.15) is 0 Å². The molecule has 1 atom stereocenters. The average molecular weight is 310 g/mol. The zero-order valence-corrected chi connectivity index (χ0v) is 13.4. The summed E-state index contributed by atoms with van der Waals surface area (Å²) >= 11 is 0. The van der Waals surface area contributed by atoms with Crippen molar-refractivity contribution in [3.8, 4) is 11.3 Å². The summed E-state index contributed by atoms with van der Waals surface area (Å²) in [6.07, 6.45) is 6.73. The number of amides is 1. The number of anilines is 1. The molecule has 1 saturated heterocycles. The Labute approximate surface area is 136 Å². The second kappa shape index (κ2) is 6.73. The second-order valence-electron chi connectivity index (χ2n) is 6.03. The Morgan fingerprint density at radius 3 is 2.74 bits per heavy atom. The van der Waals surface area contributed by atoms with Crippen LogP contribution in [0, 0.1) is 0 Å². The fourth-order valence-corrected chi connectivity index (χ4v) is 2.92. The Kier molecular flexibility index (Phi) is 4.51. The van der Waals surface area contributed by atoms with Gasteiger partial charge in [-0.15, -0.1) is 0 Å². The Balaban J connectivity index is 1.68. The molecule has 4 heteroatoms. The van der Waals surface area contributed by atoms with Crippen LogP contribution < -0.4 is 5.73 Å². The van der Waals surface area contributed by atoms with Gasteiger partial charge in [0.2, 0.25) is 5.91 Å². The molecule has 1 aromatic carbocycles. The van der Waals surface area contributed by atoms with E-state index in [1.807, 2.05) is 41.3 Å². The Morgan fingerprint density at radius 2 is 2.00 bits per heavy atom. The van der Waals surface area contributed by atoms with E-state index in [2.05, 4.69) is 6.92 Å². The summed E-state index contributed by atoms with van der Waals surface area (Å²) in [6.45, 7) is 2.95. The lowest BCUT2D eigenvalue weighted by Crippen LogP contribution is -2.41. The molecule has 1 unspecified atom stereocenters. The van der Waals surface area contributed by atoms with Crippen LogP contribution in [0.1, 0.15) is 31.9 Å². The Morgan fingerprint density at radius 1 is 1.22 bits per heavy atom. The van der Waals surface area contributed by atoms with Gasteiger partial charge in [-0.25, -0.2) is 0 Å². The minimum absolute atomic E-state index is 0.0580. The van der Waals surface area contributed by atoms with Crippen LogP contribution >= 0.6 is 0 Å². The predicted octanol–water partition coefficient (Wildman–Crippen LogP) is 3.94. The third-order valence-electron chi connectivity index (χ3n) is 4.30. The molecule has 3 rings (SSSR count). The van der Waals surface area contributed by atoms with E-state index in [4.69, 9.17) is 10.2 Å². The number of carbonyl (C=O) groups excluding carboxylic acids is 1.